The number of thioether (sulfide) groups is 5. The van der Waals surface area contributed by atoms with Crippen LogP contribution in [-0.4, -0.2) is 345 Å². The second-order valence-corrected chi connectivity index (χ2v) is 40.6. The lowest BCUT2D eigenvalue weighted by atomic mass is 9.97. The third kappa shape index (κ3) is 36.9. The molecule has 21 atom stereocenters. The first kappa shape index (κ1) is 117. The van der Waals surface area contributed by atoms with Gasteiger partial charge < -0.3 is 138 Å². The fraction of sp³-hybridized carbons (Fsp3) is 0.591. The molecule has 143 heavy (non-hydrogen) atoms. The molecule has 0 aromatic heterocycles. The summed E-state index contributed by atoms with van der Waals surface area (Å²) >= 11 is 3.82. The molecule has 21 unspecified atom stereocenters. The Morgan fingerprint density at radius 3 is 1.72 bits per heavy atom. The van der Waals surface area contributed by atoms with E-state index in [9.17, 15) is 96.2 Å². The van der Waals surface area contributed by atoms with Gasteiger partial charge in [0.15, 0.2) is 0 Å². The number of allylic oxidation sites excluding steroid dienone is 1. The summed E-state index contributed by atoms with van der Waals surface area (Å²) in [6, 6.07) is -20.1. The third-order valence-electron chi connectivity index (χ3n) is 23.4. The average Bonchev–Trinajstić information content (AvgIpc) is 1.55. The van der Waals surface area contributed by atoms with E-state index in [2.05, 4.69) is 124 Å². The molecule has 1 aromatic carbocycles. The number of rotatable bonds is 21. The van der Waals surface area contributed by atoms with E-state index >= 15 is 24.0 Å². The molecule has 5 saturated heterocycles. The van der Waals surface area contributed by atoms with Crippen molar-refractivity contribution in [2.24, 2.45) is 29.2 Å². The van der Waals surface area contributed by atoms with Gasteiger partial charge >= 0.3 is 0 Å². The Balaban J connectivity index is 1.25. The summed E-state index contributed by atoms with van der Waals surface area (Å²) < 4.78 is 0. The van der Waals surface area contributed by atoms with E-state index < -0.39 is 335 Å². The Labute approximate surface area is 845 Å². The predicted molar refractivity (Wildman–Crippen MR) is 526 cm³/mol. The van der Waals surface area contributed by atoms with Gasteiger partial charge in [0, 0.05) is 70.4 Å². The molecule has 5 fully saturated rings. The Morgan fingerprint density at radius 2 is 1.09 bits per heavy atom. The van der Waals surface area contributed by atoms with Gasteiger partial charge in [0.05, 0.1) is 50.4 Å². The molecular weight excluding hydrogens is 1970 g/mol. The van der Waals surface area contributed by atoms with E-state index in [1.807, 2.05) is 0 Å². The standard InChI is InChI=1S/C88H129N25O25S5/c1-12-41(6)66(90)85(135)100-48(14-3)73(123)105-57-37-142-38-58(107-74(124)49(25-40(4)5)101-71(121)44(9)97-86(136)67(42(7)13-2)110-81(57)131)82(132)112-69-46(11)143-39-59(99-65(119)31-95-84(134)60-21-18-23-113(60)88(69)138)83(133)111-68(45(10)114)87(137)109-55-35-141-36-56-80(130)108-54-32-139-24-22-91-72(122)52(104-75(125)50(102-79(54)129)26-47-19-16-15-17-20-47)33-140-34-53(78(128)103-51(27-61(89)115)76(126)106-56)98-64(118)30-93-62(116)28-92-63(117)29-94-70(120)43(8)96-77(55)127/h14-17,19-20,22,24,40-43,45-46,49-60,66-69,114H,9,12-13,18,21,23,25-39,90H2,1-8,10-11H3,(H2,89,115)(H,91,122)(H,92,117)(H,93,116)(H,94,120)(H,95,134)(H,96,127)(H,97,136)(H,98,118)(H,99,119)(H,100,135)(H,101,121)(H,102,129)(H,103,128)(H,104,125)(H,105,123)(H,106,126)(H,107,124)(H,108,130)(H,109,137)(H,110,131)(H,111,133)(H,112,132)/b24-22-,48-14-. The lowest BCUT2D eigenvalue weighted by molar-refractivity contribution is -0.142. The molecule has 0 radical (unpaired) electrons. The summed E-state index contributed by atoms with van der Waals surface area (Å²) in [5, 5.41) is 66.1. The maximum absolute atomic E-state index is 15.5. The molecule has 24 amide bonds. The maximum atomic E-state index is 15.5. The van der Waals surface area contributed by atoms with Crippen LogP contribution in [0.15, 0.2) is 66.0 Å². The van der Waals surface area contributed by atoms with Gasteiger partial charge in [-0.15, -0.1) is 11.8 Å². The average molecular weight is 2100 g/mol. The SMILES string of the molecule is C=C1NC(=O)C(C(C)CC)NC(=O)C(NC(=O)/C(=C/C)NC(=O)C(N)C(C)CC)CSCC(C(=O)NC2C(=O)N3CCCC3C(=O)NCC(=O)NC(C(=O)NC(C(=O)NC3CSCC4NC(=O)C(CC(N)=O)NC(=O)C(CSCC5NC(=O)C(Cc6ccccc6)NC(=O)C(CS/C=C\NC5=O)NC4=O)NC(=O)CNC(=O)CNC(=O)CNC(=O)C(C)NC3=O)C(C)O)CSC2C)NC(=O)C(CC(C)C)NC1=O. The van der Waals surface area contributed by atoms with E-state index in [1.165, 1.54) is 31.5 Å². The van der Waals surface area contributed by atoms with Crippen molar-refractivity contribution in [2.45, 2.75) is 228 Å². The molecular formula is C88H129N25O25S5. The zero-order valence-corrected chi connectivity index (χ0v) is 84.6. The van der Waals surface area contributed by atoms with Crippen LogP contribution >= 0.6 is 58.8 Å². The topological polar surface area (TPSA) is 750 Å². The maximum Gasteiger partial charge on any atom is 0.268 e. The number of nitrogens with one attached hydrogen (secondary N) is 22. The van der Waals surface area contributed by atoms with Gasteiger partial charge in [-0.05, 0) is 68.8 Å². The molecule has 1 aromatic rings. The number of primary amides is 1. The smallest absolute Gasteiger partial charge is 0.268 e. The minimum atomic E-state index is -2.17. The van der Waals surface area contributed by atoms with E-state index in [1.54, 1.807) is 71.9 Å². The van der Waals surface area contributed by atoms with Gasteiger partial charge in [0.25, 0.3) is 11.8 Å². The fourth-order valence-corrected chi connectivity index (χ4v) is 19.7. The summed E-state index contributed by atoms with van der Waals surface area (Å²) in [4.78, 5) is 345. The van der Waals surface area contributed by atoms with Gasteiger partial charge in [0.1, 0.15) is 102 Å². The predicted octanol–water partition coefficient (Wildman–Crippen LogP) is -9.94. The van der Waals surface area contributed by atoms with Gasteiger partial charge in [-0.3, -0.25) is 115 Å². The second-order valence-electron chi connectivity index (χ2n) is 35.1. The molecule has 27 N–H and O–H groups in total. The highest BCUT2D eigenvalue weighted by Crippen LogP contribution is 2.26. The summed E-state index contributed by atoms with van der Waals surface area (Å²) in [7, 11) is 0. The summed E-state index contributed by atoms with van der Waals surface area (Å²) in [6.07, 6.45) is 0.186. The highest BCUT2D eigenvalue weighted by atomic mass is 32.2. The van der Waals surface area contributed by atoms with Crippen LogP contribution in [0.5, 0.6) is 0 Å². The zero-order valence-electron chi connectivity index (χ0n) is 80.6. The van der Waals surface area contributed by atoms with Crippen molar-refractivity contribution in [2.75, 3.05) is 78.7 Å². The normalized spacial score (nSPS) is 27.7. The molecule has 0 spiro atoms. The molecule has 55 heteroatoms. The molecule has 6 aliphatic rings. The number of hydrogen-bond donors (Lipinski definition) is 25. The van der Waals surface area contributed by atoms with Crippen molar-refractivity contribution in [3.05, 3.63) is 71.6 Å². The van der Waals surface area contributed by atoms with E-state index in [0.717, 1.165) is 65.8 Å². The van der Waals surface area contributed by atoms with Gasteiger partial charge in [-0.25, -0.2) is 0 Å². The number of fused-ring (bicyclic) bond motifs is 13. The molecule has 50 nitrogen and oxygen atoms in total. The third-order valence-corrected chi connectivity index (χ3v) is 29.0. The number of nitrogens with zero attached hydrogens (tertiary/aromatic N) is 1. The van der Waals surface area contributed by atoms with Crippen molar-refractivity contribution in [3.63, 3.8) is 0 Å². The Morgan fingerprint density at radius 1 is 0.545 bits per heavy atom. The minimum Gasteiger partial charge on any atom is -0.391 e. The number of carbonyl (C=O) groups excluding carboxylic acids is 24. The number of aliphatic hydroxyl groups excluding tert-OH is 1. The number of carbonyl (C=O) groups is 24. The van der Waals surface area contributed by atoms with Crippen molar-refractivity contribution >= 4 is 201 Å². The van der Waals surface area contributed by atoms with Crippen LogP contribution in [0, 0.1) is 17.8 Å². The number of benzene rings is 1. The zero-order chi connectivity index (χ0) is 106. The minimum absolute atomic E-state index is 0.0349. The van der Waals surface area contributed by atoms with E-state index in [4.69, 9.17) is 11.5 Å². The van der Waals surface area contributed by atoms with E-state index in [-0.39, 0.29) is 67.7 Å². The van der Waals surface area contributed by atoms with Crippen LogP contribution in [0.4, 0.5) is 0 Å². The number of aliphatic hydroxyl groups is 1. The molecule has 0 aliphatic carbocycles. The summed E-state index contributed by atoms with van der Waals surface area (Å²) in [5.41, 5.74) is 11.5. The molecule has 4 bridgehead atoms. The number of amides is 24. The summed E-state index contributed by atoms with van der Waals surface area (Å²) in [6.45, 7) is 15.6. The monoisotopic (exact) mass is 2100 g/mol. The van der Waals surface area contributed by atoms with Crippen LogP contribution in [0.1, 0.15) is 113 Å². The lowest BCUT2D eigenvalue weighted by Crippen LogP contribution is -2.62. The second kappa shape index (κ2) is 57.6. The fourth-order valence-electron chi connectivity index (χ4n) is 14.6. The Bertz CT molecular complexity index is 4960. The van der Waals surface area contributed by atoms with E-state index in [0.29, 0.717) is 23.7 Å². The van der Waals surface area contributed by atoms with Crippen LogP contribution in [-0.2, 0) is 121 Å². The largest absolute Gasteiger partial charge is 0.391 e. The molecule has 786 valence electrons. The first-order valence-electron chi connectivity index (χ1n) is 46.3. The molecule has 6 heterocycles. The highest BCUT2D eigenvalue weighted by Gasteiger charge is 2.45. The van der Waals surface area contributed by atoms with Crippen molar-refractivity contribution in [1.29, 1.82) is 0 Å². The van der Waals surface area contributed by atoms with Crippen LogP contribution in [0.25, 0.3) is 0 Å². The number of hydrogen-bond acceptors (Lipinski definition) is 31. The Hall–Kier alpha value is -12.6. The molecule has 6 aliphatic heterocycles. The van der Waals surface area contributed by atoms with Gasteiger partial charge in [0.2, 0.25) is 130 Å². The van der Waals surface area contributed by atoms with Gasteiger partial charge in [-0.1, -0.05) is 104 Å². The van der Waals surface area contributed by atoms with Crippen molar-refractivity contribution < 1.29 is 120 Å². The first-order chi connectivity index (χ1) is 67.7. The summed E-state index contributed by atoms with van der Waals surface area (Å²) in [5.74, 6) is -30.8. The van der Waals surface area contributed by atoms with Crippen molar-refractivity contribution in [1.82, 2.24) is 122 Å². The van der Waals surface area contributed by atoms with Gasteiger partial charge in [-0.2, -0.15) is 47.0 Å². The van der Waals surface area contributed by atoms with Crippen LogP contribution in [0.3, 0.4) is 0 Å². The van der Waals surface area contributed by atoms with Crippen LogP contribution < -0.4 is 128 Å². The quantitative estimate of drug-likeness (QED) is 0.0508. The Kier molecular flexibility index (Phi) is 47.3. The molecule has 0 saturated carbocycles. The number of nitrogens with two attached hydrogens (primary N) is 2. The van der Waals surface area contributed by atoms with Crippen molar-refractivity contribution in [3.8, 4) is 0 Å². The highest BCUT2D eigenvalue weighted by molar-refractivity contribution is 8.02. The molecule has 7 rings (SSSR count). The lowest BCUT2D eigenvalue weighted by Gasteiger charge is -2.33. The van der Waals surface area contributed by atoms with Crippen LogP contribution in [0.2, 0.25) is 0 Å². The first-order valence-corrected chi connectivity index (χ1v) is 51.9.